The molecular formula is C21H26N4O7S3. The number of amides is 2. The minimum Gasteiger partial charge on any atom is -0.453 e. The van der Waals surface area contributed by atoms with Gasteiger partial charge in [-0.2, -0.15) is 4.31 Å². The molecule has 1 aromatic carbocycles. The van der Waals surface area contributed by atoms with Gasteiger partial charge in [-0.3, -0.25) is 4.79 Å². The lowest BCUT2D eigenvalue weighted by atomic mass is 9.97. The Bertz CT molecular complexity index is 1330. The summed E-state index contributed by atoms with van der Waals surface area (Å²) in [7, 11) is -5.88. The number of methoxy groups -OCH3 is 1. The number of fused-ring (bicyclic) bond motifs is 1. The summed E-state index contributed by atoms with van der Waals surface area (Å²) in [6, 6.07) is 5.13. The normalized spacial score (nSPS) is 17.6. The molecule has 0 radical (unpaired) electrons. The Morgan fingerprint density at radius 3 is 2.29 bits per heavy atom. The van der Waals surface area contributed by atoms with E-state index in [4.69, 9.17) is 4.74 Å². The minimum absolute atomic E-state index is 0.0159. The van der Waals surface area contributed by atoms with Crippen molar-refractivity contribution in [1.29, 1.82) is 0 Å². The summed E-state index contributed by atoms with van der Waals surface area (Å²) in [6.07, 6.45) is 1.95. The van der Waals surface area contributed by atoms with Crippen molar-refractivity contribution in [3.63, 3.8) is 0 Å². The number of nitrogens with one attached hydrogen (secondary N) is 1. The summed E-state index contributed by atoms with van der Waals surface area (Å²) in [6.45, 7) is 1.24. The van der Waals surface area contributed by atoms with Crippen LogP contribution in [0.3, 0.4) is 0 Å². The van der Waals surface area contributed by atoms with E-state index in [1.54, 1.807) is 4.90 Å². The number of sulfone groups is 1. The molecule has 11 nitrogen and oxygen atoms in total. The molecule has 0 aliphatic carbocycles. The number of aromatic nitrogens is 1. The standard InChI is InChI=1S/C21H26N4O7S3/c1-32-21(27)24-10-9-17-18(13-24)33-20(22-17)23-19(26)14-7-11-25(12-8-14)35(30,31)16-5-3-15(4-6-16)34(2,28)29/h3-6,14H,7-13H2,1-2H3,(H,22,23,26). The fourth-order valence-corrected chi connectivity index (χ4v) is 7.23. The highest BCUT2D eigenvalue weighted by Gasteiger charge is 2.33. The number of hydrogen-bond acceptors (Lipinski definition) is 9. The number of thiazole rings is 1. The number of piperidine rings is 1. The maximum atomic E-state index is 13.0. The number of nitrogens with zero attached hydrogens (tertiary/aromatic N) is 3. The molecule has 1 fully saturated rings. The molecular weight excluding hydrogens is 516 g/mol. The van der Waals surface area contributed by atoms with E-state index in [0.29, 0.717) is 37.5 Å². The molecule has 14 heteroatoms. The lowest BCUT2D eigenvalue weighted by molar-refractivity contribution is -0.120. The van der Waals surface area contributed by atoms with Gasteiger partial charge in [-0.05, 0) is 37.1 Å². The first-order valence-electron chi connectivity index (χ1n) is 10.9. The van der Waals surface area contributed by atoms with E-state index in [1.807, 2.05) is 0 Å². The van der Waals surface area contributed by atoms with E-state index >= 15 is 0 Å². The van der Waals surface area contributed by atoms with Crippen LogP contribution in [0, 0.1) is 5.92 Å². The van der Waals surface area contributed by atoms with Crippen molar-refractivity contribution < 1.29 is 31.2 Å². The van der Waals surface area contributed by atoms with E-state index in [1.165, 1.54) is 47.0 Å². The summed E-state index contributed by atoms with van der Waals surface area (Å²) >= 11 is 1.32. The van der Waals surface area contributed by atoms with Crippen molar-refractivity contribution in [2.45, 2.75) is 35.6 Å². The SMILES string of the molecule is COC(=O)N1CCc2nc(NC(=O)C3CCN(S(=O)(=O)c4ccc(S(C)(=O)=O)cc4)CC3)sc2C1. The lowest BCUT2D eigenvalue weighted by Gasteiger charge is -2.30. The zero-order valence-electron chi connectivity index (χ0n) is 19.3. The molecule has 1 saturated heterocycles. The second-order valence-electron chi connectivity index (χ2n) is 8.44. The van der Waals surface area contributed by atoms with Crippen molar-refractivity contribution in [3.05, 3.63) is 34.8 Å². The van der Waals surface area contributed by atoms with E-state index in [2.05, 4.69) is 10.3 Å². The number of sulfonamides is 1. The van der Waals surface area contributed by atoms with E-state index in [9.17, 15) is 26.4 Å². The number of carbonyl (C=O) groups excluding carboxylic acids is 2. The zero-order chi connectivity index (χ0) is 25.4. The topological polar surface area (TPSA) is 143 Å². The fourth-order valence-electron chi connectivity index (χ4n) is 4.11. The molecule has 2 aromatic rings. The number of anilines is 1. The van der Waals surface area contributed by atoms with Gasteiger partial charge in [0.15, 0.2) is 15.0 Å². The Hall–Kier alpha value is -2.55. The van der Waals surface area contributed by atoms with Crippen LogP contribution in [0.15, 0.2) is 34.1 Å². The van der Waals surface area contributed by atoms with Crippen molar-refractivity contribution in [2.24, 2.45) is 5.92 Å². The van der Waals surface area contributed by atoms with Gasteiger partial charge in [0.2, 0.25) is 15.9 Å². The molecule has 2 amide bonds. The molecule has 0 spiro atoms. The summed E-state index contributed by atoms with van der Waals surface area (Å²) < 4.78 is 55.2. The van der Waals surface area contributed by atoms with Crippen molar-refractivity contribution in [1.82, 2.24) is 14.2 Å². The van der Waals surface area contributed by atoms with Gasteiger partial charge in [0.1, 0.15) is 0 Å². The van der Waals surface area contributed by atoms with Gasteiger partial charge in [0, 0.05) is 43.1 Å². The first-order chi connectivity index (χ1) is 16.5. The average Bonchev–Trinajstić information content (AvgIpc) is 3.24. The van der Waals surface area contributed by atoms with Gasteiger partial charge < -0.3 is 15.0 Å². The summed E-state index contributed by atoms with van der Waals surface area (Å²) in [5.74, 6) is -0.572. The molecule has 0 atom stereocenters. The second-order valence-corrected chi connectivity index (χ2v) is 13.5. The molecule has 2 aliphatic rings. The number of hydrogen-bond donors (Lipinski definition) is 1. The highest BCUT2D eigenvalue weighted by atomic mass is 32.2. The zero-order valence-corrected chi connectivity index (χ0v) is 21.7. The number of rotatable bonds is 5. The predicted molar refractivity (Wildman–Crippen MR) is 128 cm³/mol. The summed E-state index contributed by atoms with van der Waals surface area (Å²) in [4.78, 5) is 31.6. The van der Waals surface area contributed by atoms with Crippen LogP contribution in [0.2, 0.25) is 0 Å². The lowest BCUT2D eigenvalue weighted by Crippen LogP contribution is -2.41. The van der Waals surface area contributed by atoms with E-state index in [-0.39, 0.29) is 34.7 Å². The molecule has 3 heterocycles. The van der Waals surface area contributed by atoms with Gasteiger partial charge in [-0.1, -0.05) is 11.3 Å². The molecule has 2 aliphatic heterocycles. The summed E-state index contributed by atoms with van der Waals surface area (Å²) in [5, 5.41) is 3.31. The molecule has 0 saturated carbocycles. The van der Waals surface area contributed by atoms with Crippen molar-refractivity contribution >= 4 is 48.3 Å². The molecule has 35 heavy (non-hydrogen) atoms. The Labute approximate surface area is 208 Å². The van der Waals surface area contributed by atoms with Crippen molar-refractivity contribution in [2.75, 3.05) is 38.3 Å². The Morgan fingerprint density at radius 2 is 1.69 bits per heavy atom. The smallest absolute Gasteiger partial charge is 0.409 e. The van der Waals surface area contributed by atoms with Crippen LogP contribution in [0.5, 0.6) is 0 Å². The predicted octanol–water partition coefficient (Wildman–Crippen LogP) is 1.71. The van der Waals surface area contributed by atoms with Crippen LogP contribution < -0.4 is 5.32 Å². The van der Waals surface area contributed by atoms with Crippen LogP contribution in [-0.4, -0.2) is 76.0 Å². The third-order valence-electron chi connectivity index (χ3n) is 6.11. The number of benzene rings is 1. The molecule has 0 unspecified atom stereocenters. The van der Waals surface area contributed by atoms with Gasteiger partial charge in [-0.25, -0.2) is 26.6 Å². The average molecular weight is 543 g/mol. The van der Waals surface area contributed by atoms with Crippen LogP contribution in [-0.2, 0) is 42.4 Å². The Morgan fingerprint density at radius 1 is 1.06 bits per heavy atom. The molecule has 190 valence electrons. The molecule has 1 aromatic heterocycles. The Balaban J connectivity index is 1.35. The molecule has 1 N–H and O–H groups in total. The van der Waals surface area contributed by atoms with Crippen LogP contribution in [0.25, 0.3) is 0 Å². The second kappa shape index (κ2) is 9.84. The quantitative estimate of drug-likeness (QED) is 0.602. The Kier molecular flexibility index (Phi) is 7.18. The minimum atomic E-state index is -3.79. The van der Waals surface area contributed by atoms with Gasteiger partial charge in [0.05, 0.1) is 29.1 Å². The number of carbonyl (C=O) groups is 2. The highest BCUT2D eigenvalue weighted by Crippen LogP contribution is 2.30. The largest absolute Gasteiger partial charge is 0.453 e. The fraction of sp³-hybridized carbons (Fsp3) is 0.476. The molecule has 0 bridgehead atoms. The third kappa shape index (κ3) is 5.50. The maximum absolute atomic E-state index is 13.0. The first-order valence-corrected chi connectivity index (χ1v) is 15.1. The third-order valence-corrected chi connectivity index (χ3v) is 10.1. The maximum Gasteiger partial charge on any atom is 0.409 e. The van der Waals surface area contributed by atoms with Crippen molar-refractivity contribution in [3.8, 4) is 0 Å². The van der Waals surface area contributed by atoms with Crippen LogP contribution in [0.1, 0.15) is 23.4 Å². The van der Waals surface area contributed by atoms with Gasteiger partial charge in [-0.15, -0.1) is 0 Å². The first kappa shape index (κ1) is 25.5. The van der Waals surface area contributed by atoms with Crippen LogP contribution >= 0.6 is 11.3 Å². The van der Waals surface area contributed by atoms with Gasteiger partial charge >= 0.3 is 6.09 Å². The highest BCUT2D eigenvalue weighted by molar-refractivity contribution is 7.90. The van der Waals surface area contributed by atoms with Crippen LogP contribution in [0.4, 0.5) is 9.93 Å². The number of ether oxygens (including phenoxy) is 1. The van der Waals surface area contributed by atoms with E-state index in [0.717, 1.165) is 16.8 Å². The molecule has 4 rings (SSSR count). The van der Waals surface area contributed by atoms with E-state index < -0.39 is 26.0 Å². The monoisotopic (exact) mass is 542 g/mol. The van der Waals surface area contributed by atoms with Gasteiger partial charge in [0.25, 0.3) is 0 Å². The summed E-state index contributed by atoms with van der Waals surface area (Å²) in [5.41, 5.74) is 0.855.